The maximum Gasteiger partial charge on any atom is 0.256 e. The predicted octanol–water partition coefficient (Wildman–Crippen LogP) is 4.74. The number of hydrogen-bond acceptors (Lipinski definition) is 7. The number of para-hydroxylation sites is 1. The topological polar surface area (TPSA) is 136 Å². The van der Waals surface area contributed by atoms with Gasteiger partial charge in [-0.3, -0.25) is 9.59 Å². The van der Waals surface area contributed by atoms with Gasteiger partial charge in [0.25, 0.3) is 11.8 Å². The molecule has 2 heterocycles. The van der Waals surface area contributed by atoms with Crippen molar-refractivity contribution in [1.82, 2.24) is 15.6 Å². The van der Waals surface area contributed by atoms with E-state index in [1.54, 1.807) is 72.8 Å². The van der Waals surface area contributed by atoms with Crippen molar-refractivity contribution in [3.05, 3.63) is 95.6 Å². The second-order valence-electron chi connectivity index (χ2n) is 9.68. The van der Waals surface area contributed by atoms with Gasteiger partial charge in [0, 0.05) is 34.8 Å². The van der Waals surface area contributed by atoms with Gasteiger partial charge < -0.3 is 25.8 Å². The molecule has 1 aliphatic rings. The third kappa shape index (κ3) is 6.19. The Morgan fingerprint density at radius 3 is 2.54 bits per heavy atom. The number of anilines is 1. The number of methoxy groups -OCH3 is 1. The molecule has 1 fully saturated rings. The standard InChI is InChI=1S/C32H29N5O4/c1-41-24-11-5-9-22(16-24)32(40)37-30-27(18-33)26(17-28(36-30)25-12-2-3-13-29(25)38)20-7-4-8-21(15-20)31(39)35-19-23-10-6-14-34-23/h2-5,7-9,11-13,15-17,23,34,38H,6,10,14,19H2,1H3,(H,35,39)(H,36,37,40). The number of rotatable bonds is 8. The molecule has 206 valence electrons. The van der Waals surface area contributed by atoms with Gasteiger partial charge in [0.2, 0.25) is 0 Å². The number of carbonyl (C=O) groups excluding carboxylic acids is 2. The Labute approximate surface area is 237 Å². The Hall–Kier alpha value is -5.20. The van der Waals surface area contributed by atoms with Crippen molar-refractivity contribution in [2.24, 2.45) is 0 Å². The zero-order chi connectivity index (χ0) is 28.8. The number of nitrogens with zero attached hydrogens (tertiary/aromatic N) is 2. The molecule has 4 N–H and O–H groups in total. The van der Waals surface area contributed by atoms with Gasteiger partial charge in [0.15, 0.2) is 5.82 Å². The van der Waals surface area contributed by atoms with Crippen LogP contribution >= 0.6 is 0 Å². The van der Waals surface area contributed by atoms with Crippen molar-refractivity contribution in [1.29, 1.82) is 5.26 Å². The maximum absolute atomic E-state index is 13.2. The molecule has 9 heteroatoms. The highest BCUT2D eigenvalue weighted by Crippen LogP contribution is 2.36. The maximum atomic E-state index is 13.2. The summed E-state index contributed by atoms with van der Waals surface area (Å²) in [6.45, 7) is 1.48. The first-order valence-electron chi connectivity index (χ1n) is 13.3. The van der Waals surface area contributed by atoms with Crippen LogP contribution in [0.4, 0.5) is 5.82 Å². The molecule has 9 nitrogen and oxygen atoms in total. The van der Waals surface area contributed by atoms with Gasteiger partial charge in [-0.05, 0) is 73.5 Å². The highest BCUT2D eigenvalue weighted by molar-refractivity contribution is 6.05. The number of ether oxygens (including phenoxy) is 1. The van der Waals surface area contributed by atoms with Crippen molar-refractivity contribution in [2.45, 2.75) is 18.9 Å². The number of benzene rings is 3. The molecule has 0 aliphatic carbocycles. The van der Waals surface area contributed by atoms with E-state index in [0.717, 1.165) is 19.4 Å². The minimum atomic E-state index is -0.484. The molecule has 1 atom stereocenters. The van der Waals surface area contributed by atoms with Gasteiger partial charge in [-0.1, -0.05) is 30.3 Å². The second-order valence-corrected chi connectivity index (χ2v) is 9.68. The Morgan fingerprint density at radius 2 is 1.80 bits per heavy atom. The summed E-state index contributed by atoms with van der Waals surface area (Å²) >= 11 is 0. The Kier molecular flexibility index (Phi) is 8.23. The lowest BCUT2D eigenvalue weighted by Gasteiger charge is -2.15. The number of hydrogen-bond donors (Lipinski definition) is 4. The fourth-order valence-corrected chi connectivity index (χ4v) is 4.83. The monoisotopic (exact) mass is 547 g/mol. The van der Waals surface area contributed by atoms with Crippen LogP contribution in [-0.2, 0) is 0 Å². The van der Waals surface area contributed by atoms with E-state index < -0.39 is 5.91 Å². The van der Waals surface area contributed by atoms with Gasteiger partial charge in [-0.2, -0.15) is 5.26 Å². The Morgan fingerprint density at radius 1 is 1.02 bits per heavy atom. The van der Waals surface area contributed by atoms with Crippen LogP contribution in [0.2, 0.25) is 0 Å². The molecule has 1 unspecified atom stereocenters. The number of carbonyl (C=O) groups is 2. The molecule has 0 spiro atoms. The van der Waals surface area contributed by atoms with Crippen LogP contribution in [-0.4, -0.2) is 48.1 Å². The molecule has 3 aromatic carbocycles. The van der Waals surface area contributed by atoms with E-state index in [0.29, 0.717) is 45.8 Å². The lowest BCUT2D eigenvalue weighted by molar-refractivity contribution is 0.0949. The number of aromatic hydroxyl groups is 1. The van der Waals surface area contributed by atoms with E-state index in [2.05, 4.69) is 27.0 Å². The molecule has 0 radical (unpaired) electrons. The average molecular weight is 548 g/mol. The van der Waals surface area contributed by atoms with E-state index >= 15 is 0 Å². The van der Waals surface area contributed by atoms with Crippen LogP contribution in [0.15, 0.2) is 78.9 Å². The molecule has 41 heavy (non-hydrogen) atoms. The van der Waals surface area contributed by atoms with E-state index in [1.165, 1.54) is 13.2 Å². The van der Waals surface area contributed by atoms with Crippen LogP contribution < -0.4 is 20.7 Å². The first kappa shape index (κ1) is 27.4. The second kappa shape index (κ2) is 12.3. The summed E-state index contributed by atoms with van der Waals surface area (Å²) in [7, 11) is 1.51. The number of nitrogens with one attached hydrogen (secondary N) is 3. The predicted molar refractivity (Wildman–Crippen MR) is 156 cm³/mol. The van der Waals surface area contributed by atoms with E-state index in [9.17, 15) is 20.0 Å². The van der Waals surface area contributed by atoms with Gasteiger partial charge in [0.05, 0.1) is 12.8 Å². The molecule has 1 aliphatic heterocycles. The highest BCUT2D eigenvalue weighted by atomic mass is 16.5. The van der Waals surface area contributed by atoms with Gasteiger partial charge in [-0.15, -0.1) is 0 Å². The fraction of sp³-hybridized carbons (Fsp3) is 0.188. The number of nitriles is 1. The summed E-state index contributed by atoms with van der Waals surface area (Å²) in [5.74, 6) is -0.177. The zero-order valence-electron chi connectivity index (χ0n) is 22.5. The first-order valence-corrected chi connectivity index (χ1v) is 13.3. The summed E-state index contributed by atoms with van der Waals surface area (Å²) in [5.41, 5.74) is 2.69. The van der Waals surface area contributed by atoms with Crippen molar-refractivity contribution in [2.75, 3.05) is 25.5 Å². The molecule has 0 bridgehead atoms. The van der Waals surface area contributed by atoms with Gasteiger partial charge >= 0.3 is 0 Å². The highest BCUT2D eigenvalue weighted by Gasteiger charge is 2.21. The van der Waals surface area contributed by atoms with Gasteiger partial charge in [0.1, 0.15) is 23.1 Å². The third-order valence-electron chi connectivity index (χ3n) is 6.98. The summed E-state index contributed by atoms with van der Waals surface area (Å²) in [5, 5.41) is 29.9. The molecule has 5 rings (SSSR count). The average Bonchev–Trinajstić information content (AvgIpc) is 3.53. The van der Waals surface area contributed by atoms with Crippen molar-refractivity contribution < 1.29 is 19.4 Å². The number of pyridine rings is 1. The van der Waals surface area contributed by atoms with Crippen molar-refractivity contribution >= 4 is 17.6 Å². The van der Waals surface area contributed by atoms with Crippen LogP contribution in [0.3, 0.4) is 0 Å². The number of phenols is 1. The fourth-order valence-electron chi connectivity index (χ4n) is 4.83. The third-order valence-corrected chi connectivity index (χ3v) is 6.98. The molecular weight excluding hydrogens is 518 g/mol. The number of amides is 2. The summed E-state index contributed by atoms with van der Waals surface area (Å²) < 4.78 is 5.23. The molecule has 1 aromatic heterocycles. The Bertz CT molecular complexity index is 1640. The SMILES string of the molecule is COc1cccc(C(=O)Nc2nc(-c3ccccc3O)cc(-c3cccc(C(=O)NCC4CCCN4)c3)c2C#N)c1. The smallest absolute Gasteiger partial charge is 0.256 e. The quantitative estimate of drug-likeness (QED) is 0.250. The van der Waals surface area contributed by atoms with Crippen molar-refractivity contribution in [3.8, 4) is 40.0 Å². The minimum absolute atomic E-state index is 0.00520. The number of phenolic OH excluding ortho intramolecular Hbond substituents is 1. The molecule has 4 aromatic rings. The van der Waals surface area contributed by atoms with Crippen LogP contribution in [0.5, 0.6) is 11.5 Å². The Balaban J connectivity index is 1.55. The molecule has 2 amide bonds. The molecule has 1 saturated heterocycles. The summed E-state index contributed by atoms with van der Waals surface area (Å²) in [6, 6.07) is 24.3. The normalized spacial score (nSPS) is 14.2. The van der Waals surface area contributed by atoms with E-state index in [-0.39, 0.29) is 29.1 Å². The molecule has 0 saturated carbocycles. The minimum Gasteiger partial charge on any atom is -0.507 e. The van der Waals surface area contributed by atoms with Crippen LogP contribution in [0, 0.1) is 11.3 Å². The van der Waals surface area contributed by atoms with E-state index in [4.69, 9.17) is 4.74 Å². The summed E-state index contributed by atoms with van der Waals surface area (Å²) in [6.07, 6.45) is 2.10. The lowest BCUT2D eigenvalue weighted by Crippen LogP contribution is -2.37. The zero-order valence-corrected chi connectivity index (χ0v) is 22.5. The largest absolute Gasteiger partial charge is 0.507 e. The van der Waals surface area contributed by atoms with Gasteiger partial charge in [-0.25, -0.2) is 4.98 Å². The summed E-state index contributed by atoms with van der Waals surface area (Å²) in [4.78, 5) is 30.8. The first-order chi connectivity index (χ1) is 20.0. The number of aromatic nitrogens is 1. The lowest BCUT2D eigenvalue weighted by atomic mass is 9.96. The van der Waals surface area contributed by atoms with Crippen molar-refractivity contribution in [3.63, 3.8) is 0 Å². The van der Waals surface area contributed by atoms with Crippen LogP contribution in [0.1, 0.15) is 39.1 Å². The molecular formula is C32H29N5O4. The van der Waals surface area contributed by atoms with E-state index in [1.807, 2.05) is 0 Å². The van der Waals surface area contributed by atoms with Crippen LogP contribution in [0.25, 0.3) is 22.4 Å².